The Labute approximate surface area is 214 Å². The molecule has 0 N–H and O–H groups in total. The standard InChI is InChI=1S/C28H33F4NO4/c1-5-27(12-16(2)8-17(3)13-27)15-37-24-11-22(29)21(10-20(24)18-6-7-18)25(34)33-14-19(28(30,31)32)9-23(33)26(35)36-4/h9-11,17-18,23H,2,5-8,12-15H2,1,3-4H3/t17?,23-,27?/m0/s1. The molecule has 37 heavy (non-hydrogen) atoms. The number of hydrogen-bond donors (Lipinski definition) is 0. The highest BCUT2D eigenvalue weighted by atomic mass is 19.4. The van der Waals surface area contributed by atoms with Crippen molar-refractivity contribution in [3.8, 4) is 5.75 Å². The van der Waals surface area contributed by atoms with Gasteiger partial charge in [-0.3, -0.25) is 4.79 Å². The van der Waals surface area contributed by atoms with E-state index < -0.39 is 42.0 Å². The van der Waals surface area contributed by atoms with Crippen LogP contribution >= 0.6 is 0 Å². The molecule has 4 rings (SSSR count). The van der Waals surface area contributed by atoms with Gasteiger partial charge in [-0.2, -0.15) is 13.2 Å². The van der Waals surface area contributed by atoms with Gasteiger partial charge in [0.15, 0.2) is 0 Å². The third-order valence-corrected chi connectivity index (χ3v) is 7.78. The molecule has 3 aliphatic rings. The molecule has 1 heterocycles. The zero-order valence-corrected chi connectivity index (χ0v) is 21.4. The summed E-state index contributed by atoms with van der Waals surface area (Å²) in [5, 5.41) is 0. The molecular formula is C28H33F4NO4. The molecule has 1 amide bonds. The van der Waals surface area contributed by atoms with Gasteiger partial charge in [-0.25, -0.2) is 9.18 Å². The second-order valence-electron chi connectivity index (χ2n) is 10.8. The summed E-state index contributed by atoms with van der Waals surface area (Å²) in [6, 6.07) is 0.956. The van der Waals surface area contributed by atoms with Gasteiger partial charge in [-0.1, -0.05) is 26.0 Å². The number of alkyl halides is 3. The van der Waals surface area contributed by atoms with E-state index in [0.717, 1.165) is 51.7 Å². The van der Waals surface area contributed by atoms with E-state index in [1.165, 1.54) is 11.6 Å². The van der Waals surface area contributed by atoms with Crippen molar-refractivity contribution in [2.45, 2.75) is 70.5 Å². The van der Waals surface area contributed by atoms with Crippen molar-refractivity contribution in [2.24, 2.45) is 11.3 Å². The average Bonchev–Trinajstić information content (AvgIpc) is 3.57. The molecule has 2 fully saturated rings. The Morgan fingerprint density at radius 3 is 2.51 bits per heavy atom. The molecule has 9 heteroatoms. The maximum absolute atomic E-state index is 15.3. The third-order valence-electron chi connectivity index (χ3n) is 7.78. The summed E-state index contributed by atoms with van der Waals surface area (Å²) >= 11 is 0. The molecule has 202 valence electrons. The lowest BCUT2D eigenvalue weighted by Crippen LogP contribution is -2.42. The maximum atomic E-state index is 15.3. The topological polar surface area (TPSA) is 55.8 Å². The van der Waals surface area contributed by atoms with Gasteiger partial charge in [-0.15, -0.1) is 0 Å². The van der Waals surface area contributed by atoms with Crippen LogP contribution in [0.25, 0.3) is 0 Å². The highest BCUT2D eigenvalue weighted by Crippen LogP contribution is 2.48. The van der Waals surface area contributed by atoms with Crippen LogP contribution in [0.3, 0.4) is 0 Å². The molecule has 5 nitrogen and oxygen atoms in total. The quantitative estimate of drug-likeness (QED) is 0.238. The minimum absolute atomic E-state index is 0.0822. The first-order valence-corrected chi connectivity index (χ1v) is 12.7. The first kappa shape index (κ1) is 27.2. The molecule has 0 saturated heterocycles. The van der Waals surface area contributed by atoms with Gasteiger partial charge in [0.2, 0.25) is 0 Å². The van der Waals surface area contributed by atoms with Crippen LogP contribution in [0, 0.1) is 17.2 Å². The molecule has 0 radical (unpaired) electrons. The normalized spacial score (nSPS) is 26.2. The number of hydrogen-bond acceptors (Lipinski definition) is 4. The SMILES string of the molecule is C=C1CC(C)CC(CC)(COc2cc(F)c(C(=O)N3CC(C(F)(F)F)=C[C@H]3C(=O)OC)cc2C2CC2)C1. The van der Waals surface area contributed by atoms with Crippen LogP contribution in [0.1, 0.15) is 74.2 Å². The van der Waals surface area contributed by atoms with E-state index in [1.807, 2.05) is 0 Å². The molecule has 0 aromatic heterocycles. The molecule has 2 saturated carbocycles. The van der Waals surface area contributed by atoms with Gasteiger partial charge < -0.3 is 14.4 Å². The molecule has 3 atom stereocenters. The number of benzene rings is 1. The van der Waals surface area contributed by atoms with Crippen LogP contribution in [0.15, 0.2) is 35.9 Å². The Bertz CT molecular complexity index is 1120. The lowest BCUT2D eigenvalue weighted by molar-refractivity contribution is -0.143. The average molecular weight is 524 g/mol. The third kappa shape index (κ3) is 5.70. The molecule has 0 bridgehead atoms. The number of rotatable bonds is 7. The van der Waals surface area contributed by atoms with Crippen LogP contribution in [0.4, 0.5) is 17.6 Å². The minimum Gasteiger partial charge on any atom is -0.493 e. The highest BCUT2D eigenvalue weighted by Gasteiger charge is 2.45. The van der Waals surface area contributed by atoms with E-state index in [4.69, 9.17) is 4.74 Å². The van der Waals surface area contributed by atoms with Crippen LogP contribution in [0.5, 0.6) is 5.75 Å². The molecular weight excluding hydrogens is 490 g/mol. The molecule has 2 aliphatic carbocycles. The number of amides is 1. The zero-order chi connectivity index (χ0) is 27.1. The number of halogens is 4. The van der Waals surface area contributed by atoms with E-state index in [1.54, 1.807) is 0 Å². The number of nitrogens with zero attached hydrogens (tertiary/aromatic N) is 1. The van der Waals surface area contributed by atoms with Crippen LogP contribution < -0.4 is 4.74 Å². The fourth-order valence-electron chi connectivity index (χ4n) is 5.73. The second kappa shape index (κ2) is 10.1. The second-order valence-corrected chi connectivity index (χ2v) is 10.8. The minimum atomic E-state index is -4.73. The van der Waals surface area contributed by atoms with E-state index in [9.17, 15) is 22.8 Å². The summed E-state index contributed by atoms with van der Waals surface area (Å²) in [6.07, 6.45) is 1.29. The number of methoxy groups -OCH3 is 1. The number of carbonyl (C=O) groups excluding carboxylic acids is 2. The van der Waals surface area contributed by atoms with Gasteiger partial charge in [0.1, 0.15) is 17.6 Å². The Hall–Kier alpha value is -2.84. The summed E-state index contributed by atoms with van der Waals surface area (Å²) < 4.78 is 66.2. The summed E-state index contributed by atoms with van der Waals surface area (Å²) in [5.74, 6) is -2.02. The molecule has 2 unspecified atom stereocenters. The Morgan fingerprint density at radius 1 is 1.24 bits per heavy atom. The molecule has 1 aromatic rings. The van der Waals surface area contributed by atoms with Gasteiger partial charge >= 0.3 is 12.1 Å². The molecule has 1 aliphatic heterocycles. The maximum Gasteiger partial charge on any atom is 0.414 e. The van der Waals surface area contributed by atoms with Crippen molar-refractivity contribution in [3.63, 3.8) is 0 Å². The number of allylic oxidation sites excluding steroid dienone is 1. The summed E-state index contributed by atoms with van der Waals surface area (Å²) in [7, 11) is 1.02. The molecule has 0 spiro atoms. The number of carbonyl (C=O) groups is 2. The summed E-state index contributed by atoms with van der Waals surface area (Å²) in [5.41, 5.74) is 0.300. The monoisotopic (exact) mass is 523 g/mol. The predicted octanol–water partition coefficient (Wildman–Crippen LogP) is 6.34. The zero-order valence-electron chi connectivity index (χ0n) is 21.4. The van der Waals surface area contributed by atoms with Crippen molar-refractivity contribution >= 4 is 11.9 Å². The van der Waals surface area contributed by atoms with Crippen LogP contribution in [-0.2, 0) is 9.53 Å². The lowest BCUT2D eigenvalue weighted by atomic mass is 9.67. The lowest BCUT2D eigenvalue weighted by Gasteiger charge is -2.40. The fourth-order valence-corrected chi connectivity index (χ4v) is 5.73. The van der Waals surface area contributed by atoms with Crippen molar-refractivity contribution in [3.05, 3.63) is 52.9 Å². The predicted molar refractivity (Wildman–Crippen MR) is 130 cm³/mol. The van der Waals surface area contributed by atoms with E-state index in [0.29, 0.717) is 34.8 Å². The summed E-state index contributed by atoms with van der Waals surface area (Å²) in [4.78, 5) is 26.1. The molecule has 1 aromatic carbocycles. The van der Waals surface area contributed by atoms with Gasteiger partial charge in [0, 0.05) is 11.5 Å². The first-order chi connectivity index (χ1) is 17.4. The Kier molecular flexibility index (Phi) is 7.45. The largest absolute Gasteiger partial charge is 0.493 e. The smallest absolute Gasteiger partial charge is 0.414 e. The van der Waals surface area contributed by atoms with Gasteiger partial charge in [0.25, 0.3) is 5.91 Å². The van der Waals surface area contributed by atoms with Crippen molar-refractivity contribution in [1.29, 1.82) is 0 Å². The Balaban J connectivity index is 1.61. The van der Waals surface area contributed by atoms with Crippen LogP contribution in [0.2, 0.25) is 0 Å². The van der Waals surface area contributed by atoms with Gasteiger partial charge in [-0.05, 0) is 68.1 Å². The van der Waals surface area contributed by atoms with E-state index >= 15 is 4.39 Å². The van der Waals surface area contributed by atoms with Crippen molar-refractivity contribution < 1.29 is 36.6 Å². The fraction of sp³-hybridized carbons (Fsp3) is 0.571. The number of ether oxygens (including phenoxy) is 2. The van der Waals surface area contributed by atoms with Crippen molar-refractivity contribution in [1.82, 2.24) is 4.90 Å². The van der Waals surface area contributed by atoms with Crippen molar-refractivity contribution in [2.75, 3.05) is 20.3 Å². The first-order valence-electron chi connectivity index (χ1n) is 12.7. The van der Waals surface area contributed by atoms with E-state index in [2.05, 4.69) is 25.2 Å². The Morgan fingerprint density at radius 2 is 1.95 bits per heavy atom. The number of esters is 1. The highest BCUT2D eigenvalue weighted by molar-refractivity contribution is 5.98. The summed E-state index contributed by atoms with van der Waals surface area (Å²) in [6.45, 7) is 7.99. The van der Waals surface area contributed by atoms with E-state index in [-0.39, 0.29) is 16.9 Å². The van der Waals surface area contributed by atoms with Crippen LogP contribution in [-0.4, -0.2) is 49.3 Å². The van der Waals surface area contributed by atoms with Gasteiger partial charge in [0.05, 0.1) is 31.4 Å².